The summed E-state index contributed by atoms with van der Waals surface area (Å²) in [5, 5.41) is 0. The Morgan fingerprint density at radius 3 is 2.64 bits per heavy atom. The Labute approximate surface area is 127 Å². The highest BCUT2D eigenvalue weighted by Gasteiger charge is 2.16. The van der Waals surface area contributed by atoms with E-state index in [9.17, 15) is 9.18 Å². The highest BCUT2D eigenvalue weighted by Crippen LogP contribution is 2.11. The zero-order chi connectivity index (χ0) is 15.9. The van der Waals surface area contributed by atoms with E-state index in [0.29, 0.717) is 25.3 Å². The zero-order valence-corrected chi connectivity index (χ0v) is 12.2. The summed E-state index contributed by atoms with van der Waals surface area (Å²) < 4.78 is 18.2. The number of aromatic nitrogens is 2. The fourth-order valence-corrected chi connectivity index (χ4v) is 1.82. The number of carbonyl (C=O) groups is 1. The van der Waals surface area contributed by atoms with Crippen LogP contribution in [-0.4, -0.2) is 41.0 Å². The van der Waals surface area contributed by atoms with Crippen LogP contribution in [0.5, 0.6) is 5.75 Å². The van der Waals surface area contributed by atoms with Crippen molar-refractivity contribution in [2.24, 2.45) is 0 Å². The van der Waals surface area contributed by atoms with Crippen molar-refractivity contribution in [3.05, 3.63) is 48.2 Å². The molecule has 7 heteroatoms. The van der Waals surface area contributed by atoms with Gasteiger partial charge in [-0.25, -0.2) is 14.4 Å². The molecule has 0 saturated carbocycles. The van der Waals surface area contributed by atoms with Gasteiger partial charge < -0.3 is 15.4 Å². The van der Waals surface area contributed by atoms with Gasteiger partial charge in [0.15, 0.2) is 11.5 Å². The van der Waals surface area contributed by atoms with Crippen molar-refractivity contribution >= 4 is 11.7 Å². The predicted octanol–water partition coefficient (Wildman–Crippen LogP) is 1.74. The summed E-state index contributed by atoms with van der Waals surface area (Å²) in [6.07, 6.45) is 3.48. The number of nitrogens with two attached hydrogens (primary N) is 1. The summed E-state index contributed by atoms with van der Waals surface area (Å²) in [5.74, 6) is 0.113. The SMILES string of the molecule is CN(CCCOc1ccc(F)cc1)C(=O)c1nccnc1N. The highest BCUT2D eigenvalue weighted by atomic mass is 19.1. The molecule has 1 amide bonds. The van der Waals surface area contributed by atoms with Crippen LogP contribution in [0.4, 0.5) is 10.2 Å². The maximum atomic E-state index is 12.7. The molecule has 0 aliphatic heterocycles. The first-order chi connectivity index (χ1) is 10.6. The van der Waals surface area contributed by atoms with Crippen molar-refractivity contribution in [2.45, 2.75) is 6.42 Å². The van der Waals surface area contributed by atoms with Crippen LogP contribution < -0.4 is 10.5 Å². The average Bonchev–Trinajstić information content (AvgIpc) is 2.53. The largest absolute Gasteiger partial charge is 0.494 e. The molecule has 0 atom stereocenters. The average molecular weight is 304 g/mol. The van der Waals surface area contributed by atoms with Gasteiger partial charge in [-0.15, -0.1) is 0 Å². The molecule has 22 heavy (non-hydrogen) atoms. The Hall–Kier alpha value is -2.70. The number of halogens is 1. The van der Waals surface area contributed by atoms with Crippen LogP contribution in [0.25, 0.3) is 0 Å². The molecule has 0 aliphatic carbocycles. The van der Waals surface area contributed by atoms with Crippen LogP contribution in [0.1, 0.15) is 16.9 Å². The maximum absolute atomic E-state index is 12.7. The third kappa shape index (κ3) is 4.15. The quantitative estimate of drug-likeness (QED) is 0.822. The van der Waals surface area contributed by atoms with E-state index in [1.807, 2.05) is 0 Å². The van der Waals surface area contributed by atoms with Crippen molar-refractivity contribution in [1.82, 2.24) is 14.9 Å². The van der Waals surface area contributed by atoms with Gasteiger partial charge in [0.25, 0.3) is 5.91 Å². The van der Waals surface area contributed by atoms with Gasteiger partial charge in [-0.3, -0.25) is 4.79 Å². The molecule has 1 aromatic heterocycles. The van der Waals surface area contributed by atoms with Crippen molar-refractivity contribution < 1.29 is 13.9 Å². The number of nitrogens with zero attached hydrogens (tertiary/aromatic N) is 3. The Morgan fingerprint density at radius 2 is 1.95 bits per heavy atom. The van der Waals surface area contributed by atoms with Crippen LogP contribution in [-0.2, 0) is 0 Å². The highest BCUT2D eigenvalue weighted by molar-refractivity contribution is 5.96. The van der Waals surface area contributed by atoms with Crippen LogP contribution in [0, 0.1) is 5.82 Å². The van der Waals surface area contributed by atoms with Crippen molar-refractivity contribution in [2.75, 3.05) is 25.9 Å². The lowest BCUT2D eigenvalue weighted by atomic mass is 10.3. The second-order valence-corrected chi connectivity index (χ2v) is 4.67. The van der Waals surface area contributed by atoms with E-state index in [-0.39, 0.29) is 23.2 Å². The van der Waals surface area contributed by atoms with Crippen molar-refractivity contribution in [3.8, 4) is 5.75 Å². The molecule has 2 aromatic rings. The number of rotatable bonds is 6. The van der Waals surface area contributed by atoms with Gasteiger partial charge in [-0.05, 0) is 30.7 Å². The van der Waals surface area contributed by atoms with Crippen LogP contribution in [0.3, 0.4) is 0 Å². The van der Waals surface area contributed by atoms with Gasteiger partial charge in [-0.2, -0.15) is 0 Å². The van der Waals surface area contributed by atoms with E-state index in [1.54, 1.807) is 19.2 Å². The molecule has 0 fully saturated rings. The monoisotopic (exact) mass is 304 g/mol. The number of ether oxygens (including phenoxy) is 1. The van der Waals surface area contributed by atoms with Crippen LogP contribution in [0.2, 0.25) is 0 Å². The number of amides is 1. The predicted molar refractivity (Wildman–Crippen MR) is 79.9 cm³/mol. The van der Waals surface area contributed by atoms with Crippen molar-refractivity contribution in [3.63, 3.8) is 0 Å². The minimum absolute atomic E-state index is 0.113. The van der Waals surface area contributed by atoms with E-state index in [1.165, 1.54) is 29.4 Å². The molecule has 0 saturated heterocycles. The topological polar surface area (TPSA) is 81.3 Å². The number of nitrogen functional groups attached to an aromatic ring is 1. The second-order valence-electron chi connectivity index (χ2n) is 4.67. The maximum Gasteiger partial charge on any atom is 0.276 e. The molecule has 116 valence electrons. The summed E-state index contributed by atoms with van der Waals surface area (Å²) >= 11 is 0. The first kappa shape index (κ1) is 15.7. The summed E-state index contributed by atoms with van der Waals surface area (Å²) in [6, 6.07) is 5.79. The number of benzene rings is 1. The lowest BCUT2D eigenvalue weighted by molar-refractivity contribution is 0.0783. The third-order valence-electron chi connectivity index (χ3n) is 3.00. The molecule has 2 rings (SSSR count). The van der Waals surface area contributed by atoms with Gasteiger partial charge in [0, 0.05) is 26.0 Å². The third-order valence-corrected chi connectivity index (χ3v) is 3.00. The first-order valence-corrected chi connectivity index (χ1v) is 6.78. The molecule has 0 bridgehead atoms. The molecular formula is C15H17FN4O2. The lowest BCUT2D eigenvalue weighted by Gasteiger charge is -2.17. The summed E-state index contributed by atoms with van der Waals surface area (Å²) in [6.45, 7) is 0.898. The van der Waals surface area contributed by atoms with Gasteiger partial charge >= 0.3 is 0 Å². The Balaban J connectivity index is 1.78. The molecule has 6 nitrogen and oxygen atoms in total. The standard InChI is InChI=1S/C15H17FN4O2/c1-20(15(21)13-14(17)19-8-7-18-13)9-2-10-22-12-5-3-11(16)4-6-12/h3-8H,2,9-10H2,1H3,(H2,17,19). The molecule has 0 unspecified atom stereocenters. The van der Waals surface area contributed by atoms with Gasteiger partial charge in [0.05, 0.1) is 6.61 Å². The first-order valence-electron chi connectivity index (χ1n) is 6.78. The summed E-state index contributed by atoms with van der Waals surface area (Å²) in [5.41, 5.74) is 5.77. The minimum atomic E-state index is -0.306. The van der Waals surface area contributed by atoms with E-state index in [0.717, 1.165) is 0 Å². The number of hydrogen-bond acceptors (Lipinski definition) is 5. The molecule has 1 aromatic carbocycles. The van der Waals surface area contributed by atoms with Crippen LogP contribution in [0.15, 0.2) is 36.7 Å². The molecule has 1 heterocycles. The smallest absolute Gasteiger partial charge is 0.276 e. The Morgan fingerprint density at radius 1 is 1.27 bits per heavy atom. The summed E-state index contributed by atoms with van der Waals surface area (Å²) in [7, 11) is 1.66. The second kappa shape index (κ2) is 7.35. The minimum Gasteiger partial charge on any atom is -0.494 e. The Bertz CT molecular complexity index is 634. The van der Waals surface area contributed by atoms with E-state index >= 15 is 0 Å². The normalized spacial score (nSPS) is 10.3. The van der Waals surface area contributed by atoms with Gasteiger partial charge in [0.1, 0.15) is 11.6 Å². The number of anilines is 1. The molecule has 0 aliphatic rings. The fourth-order valence-electron chi connectivity index (χ4n) is 1.82. The summed E-state index contributed by atoms with van der Waals surface area (Å²) in [4.78, 5) is 21.4. The number of hydrogen-bond donors (Lipinski definition) is 1. The molecule has 2 N–H and O–H groups in total. The molecule has 0 spiro atoms. The lowest BCUT2D eigenvalue weighted by Crippen LogP contribution is -2.30. The Kier molecular flexibility index (Phi) is 5.24. The van der Waals surface area contributed by atoms with E-state index < -0.39 is 0 Å². The van der Waals surface area contributed by atoms with Gasteiger partial charge in [-0.1, -0.05) is 0 Å². The fraction of sp³-hybridized carbons (Fsp3) is 0.267. The zero-order valence-electron chi connectivity index (χ0n) is 12.2. The molecule has 0 radical (unpaired) electrons. The number of carbonyl (C=O) groups excluding carboxylic acids is 1. The van der Waals surface area contributed by atoms with Gasteiger partial charge in [0.2, 0.25) is 0 Å². The van der Waals surface area contributed by atoms with Crippen LogP contribution >= 0.6 is 0 Å². The van der Waals surface area contributed by atoms with E-state index in [2.05, 4.69) is 9.97 Å². The van der Waals surface area contributed by atoms with Crippen molar-refractivity contribution in [1.29, 1.82) is 0 Å². The molecular weight excluding hydrogens is 287 g/mol. The van der Waals surface area contributed by atoms with E-state index in [4.69, 9.17) is 10.5 Å².